The van der Waals surface area contributed by atoms with Crippen molar-refractivity contribution in [2.45, 2.75) is 4.90 Å². The SMILES string of the molecule is [NH-]S(=O)(=O)c1ccccc1.[Y]. The summed E-state index contributed by atoms with van der Waals surface area (Å²) in [5.41, 5.74) is 0. The molecule has 5 heteroatoms. The van der Waals surface area contributed by atoms with E-state index in [9.17, 15) is 8.42 Å². The molecule has 0 aliphatic rings. The van der Waals surface area contributed by atoms with Crippen LogP contribution in [0.2, 0.25) is 0 Å². The van der Waals surface area contributed by atoms with Crippen LogP contribution < -0.4 is 0 Å². The molecule has 0 aliphatic heterocycles. The fraction of sp³-hybridized carbons (Fsp3) is 0. The molecule has 0 aliphatic carbocycles. The van der Waals surface area contributed by atoms with Crippen molar-refractivity contribution >= 4 is 10.0 Å². The van der Waals surface area contributed by atoms with Crippen LogP contribution in [0.15, 0.2) is 35.2 Å². The molecule has 1 rings (SSSR count). The molecule has 3 nitrogen and oxygen atoms in total. The van der Waals surface area contributed by atoms with E-state index in [0.717, 1.165) is 0 Å². The van der Waals surface area contributed by atoms with E-state index in [-0.39, 0.29) is 37.6 Å². The molecule has 0 aromatic heterocycles. The van der Waals surface area contributed by atoms with Crippen molar-refractivity contribution < 1.29 is 41.1 Å². The Kier molecular flexibility index (Phi) is 4.40. The van der Waals surface area contributed by atoms with E-state index in [2.05, 4.69) is 0 Å². The third-order valence-electron chi connectivity index (χ3n) is 1.05. The maximum absolute atomic E-state index is 10.5. The van der Waals surface area contributed by atoms with Crippen LogP contribution in [-0.2, 0) is 42.7 Å². The molecule has 0 saturated carbocycles. The molecule has 0 unspecified atom stereocenters. The van der Waals surface area contributed by atoms with Gasteiger partial charge in [0.25, 0.3) is 0 Å². The van der Waals surface area contributed by atoms with Crippen molar-refractivity contribution in [1.82, 2.24) is 0 Å². The smallest absolute Gasteiger partial charge is 0.0987 e. The number of sulfonamides is 1. The van der Waals surface area contributed by atoms with Crippen LogP contribution in [0.4, 0.5) is 0 Å². The van der Waals surface area contributed by atoms with Crippen molar-refractivity contribution in [3.8, 4) is 0 Å². The van der Waals surface area contributed by atoms with Gasteiger partial charge in [-0.25, -0.2) is 8.42 Å². The van der Waals surface area contributed by atoms with Crippen LogP contribution >= 0.6 is 0 Å². The van der Waals surface area contributed by atoms with Crippen LogP contribution in [0.5, 0.6) is 0 Å². The molecular formula is C6H6NO2SY-. The zero-order chi connectivity index (χ0) is 7.61. The molecule has 0 spiro atoms. The summed E-state index contributed by atoms with van der Waals surface area (Å²) >= 11 is 0. The predicted molar refractivity (Wildman–Crippen MR) is 37.9 cm³/mol. The van der Waals surface area contributed by atoms with E-state index >= 15 is 0 Å². The van der Waals surface area contributed by atoms with Crippen molar-refractivity contribution in [2.24, 2.45) is 0 Å². The molecule has 57 valence electrons. The zero-order valence-corrected chi connectivity index (χ0v) is 9.34. The largest absolute Gasteiger partial charge is 0.560 e. The Balaban J connectivity index is 0.000001000. The fourth-order valence-electron chi connectivity index (χ4n) is 0.600. The monoisotopic (exact) mass is 245 g/mol. The van der Waals surface area contributed by atoms with Crippen molar-refractivity contribution in [2.75, 3.05) is 0 Å². The minimum Gasteiger partial charge on any atom is -0.560 e. The van der Waals surface area contributed by atoms with Gasteiger partial charge in [0.1, 0.15) is 0 Å². The second-order valence-corrected chi connectivity index (χ2v) is 3.29. The quantitative estimate of drug-likeness (QED) is 0.751. The van der Waals surface area contributed by atoms with Gasteiger partial charge in [0.05, 0.1) is 10.0 Å². The molecule has 0 heterocycles. The van der Waals surface area contributed by atoms with Gasteiger partial charge in [-0.15, -0.1) is 0 Å². The Morgan fingerprint density at radius 3 is 1.82 bits per heavy atom. The van der Waals surface area contributed by atoms with Gasteiger partial charge in [0, 0.05) is 37.6 Å². The molecule has 1 aromatic rings. The van der Waals surface area contributed by atoms with Crippen molar-refractivity contribution in [1.29, 1.82) is 0 Å². The standard InChI is InChI=1S/C6H6NO2S.Y/c7-10(8,9)6-4-2-1-3-5-6;/h1-5H,(H-,7,8,9);/q-1;. The van der Waals surface area contributed by atoms with Gasteiger partial charge in [-0.2, -0.15) is 0 Å². The molecule has 1 aromatic carbocycles. The topological polar surface area (TPSA) is 57.9 Å². The fourth-order valence-corrected chi connectivity index (χ4v) is 1.12. The van der Waals surface area contributed by atoms with Gasteiger partial charge in [0.15, 0.2) is 0 Å². The van der Waals surface area contributed by atoms with Crippen LogP contribution in [0, 0.1) is 0 Å². The first-order valence-corrected chi connectivity index (χ1v) is 4.14. The Morgan fingerprint density at radius 2 is 1.55 bits per heavy atom. The van der Waals surface area contributed by atoms with Crippen molar-refractivity contribution in [3.05, 3.63) is 35.5 Å². The summed E-state index contributed by atoms with van der Waals surface area (Å²) in [6, 6.07) is 7.65. The number of hydrogen-bond acceptors (Lipinski definition) is 2. The summed E-state index contributed by atoms with van der Waals surface area (Å²) in [5.74, 6) is 0. The molecule has 11 heavy (non-hydrogen) atoms. The molecule has 0 atom stereocenters. The third-order valence-corrected chi connectivity index (χ3v) is 1.95. The number of benzene rings is 1. The predicted octanol–water partition coefficient (Wildman–Crippen LogP) is 1.43. The Morgan fingerprint density at radius 1 is 1.09 bits per heavy atom. The van der Waals surface area contributed by atoms with Gasteiger partial charge in [-0.1, -0.05) is 18.2 Å². The van der Waals surface area contributed by atoms with Crippen LogP contribution in [0.25, 0.3) is 5.14 Å². The number of rotatable bonds is 1. The van der Waals surface area contributed by atoms with E-state index in [0.29, 0.717) is 0 Å². The molecule has 0 fully saturated rings. The number of hydrogen-bond donors (Lipinski definition) is 0. The molecular weight excluding hydrogens is 239 g/mol. The van der Waals surface area contributed by atoms with E-state index in [1.165, 1.54) is 12.1 Å². The maximum Gasteiger partial charge on any atom is 0.0987 e. The van der Waals surface area contributed by atoms with Crippen LogP contribution in [0.1, 0.15) is 0 Å². The summed E-state index contributed by atoms with van der Waals surface area (Å²) in [4.78, 5) is 0.0370. The first kappa shape index (κ1) is 11.2. The second kappa shape index (κ2) is 4.31. The van der Waals surface area contributed by atoms with E-state index < -0.39 is 10.0 Å². The van der Waals surface area contributed by atoms with E-state index in [4.69, 9.17) is 5.14 Å². The molecule has 0 bridgehead atoms. The minimum atomic E-state index is -3.75. The second-order valence-electron chi connectivity index (χ2n) is 1.82. The van der Waals surface area contributed by atoms with Gasteiger partial charge in [-0.3, -0.25) is 0 Å². The average Bonchev–Trinajstić information content (AvgIpc) is 1.88. The van der Waals surface area contributed by atoms with Gasteiger partial charge in [0.2, 0.25) is 0 Å². The first-order valence-electron chi connectivity index (χ1n) is 2.65. The van der Waals surface area contributed by atoms with Gasteiger partial charge < -0.3 is 5.14 Å². The first-order chi connectivity index (χ1) is 4.61. The van der Waals surface area contributed by atoms with Crippen LogP contribution in [0.3, 0.4) is 0 Å². The summed E-state index contributed by atoms with van der Waals surface area (Å²) in [6.07, 6.45) is 0. The summed E-state index contributed by atoms with van der Waals surface area (Å²) in [6.45, 7) is 0. The zero-order valence-electron chi connectivity index (χ0n) is 5.69. The van der Waals surface area contributed by atoms with Crippen LogP contribution in [-0.4, -0.2) is 8.42 Å². The Hall–Kier alpha value is 0.234. The molecule has 1 radical (unpaired) electrons. The summed E-state index contributed by atoms with van der Waals surface area (Å²) in [7, 11) is -3.75. The summed E-state index contributed by atoms with van der Waals surface area (Å²) < 4.78 is 21.0. The van der Waals surface area contributed by atoms with E-state index in [1.54, 1.807) is 18.2 Å². The summed E-state index contributed by atoms with van der Waals surface area (Å²) in [5, 5.41) is 6.65. The molecule has 1 N–H and O–H groups in total. The number of nitrogens with one attached hydrogen (secondary N) is 1. The third kappa shape index (κ3) is 3.42. The average molecular weight is 245 g/mol. The Labute approximate surface area is 90.9 Å². The van der Waals surface area contributed by atoms with Crippen molar-refractivity contribution in [3.63, 3.8) is 0 Å². The van der Waals surface area contributed by atoms with Gasteiger partial charge in [-0.05, 0) is 12.1 Å². The van der Waals surface area contributed by atoms with E-state index in [1.807, 2.05) is 0 Å². The maximum atomic E-state index is 10.5. The normalized spacial score (nSPS) is 10.3. The molecule has 0 amide bonds. The van der Waals surface area contributed by atoms with Gasteiger partial charge >= 0.3 is 0 Å². The minimum absolute atomic E-state index is 0. The Bertz CT molecular complexity index is 309. The molecule has 0 saturated heterocycles.